The van der Waals surface area contributed by atoms with E-state index in [1.54, 1.807) is 35.3 Å². The molecule has 180 valence electrons. The lowest BCUT2D eigenvalue weighted by Crippen LogP contribution is -1.87. The summed E-state index contributed by atoms with van der Waals surface area (Å²) >= 11 is 5.19. The molecule has 0 radical (unpaired) electrons. The predicted octanol–water partition coefficient (Wildman–Crippen LogP) is 9.85. The summed E-state index contributed by atoms with van der Waals surface area (Å²) < 4.78 is 0. The van der Waals surface area contributed by atoms with Gasteiger partial charge >= 0.3 is 0 Å². The third kappa shape index (κ3) is 5.54. The first-order valence-electron chi connectivity index (χ1n) is 12.1. The fourth-order valence-electron chi connectivity index (χ4n) is 4.27. The van der Waals surface area contributed by atoms with Crippen molar-refractivity contribution in [1.82, 2.24) is 9.97 Å². The summed E-state index contributed by atoms with van der Waals surface area (Å²) in [5, 5.41) is 4.49. The van der Waals surface area contributed by atoms with E-state index in [-0.39, 0.29) is 0 Å². The summed E-state index contributed by atoms with van der Waals surface area (Å²) in [6.45, 7) is 4.30. The van der Waals surface area contributed by atoms with Gasteiger partial charge in [0.15, 0.2) is 0 Å². The van der Waals surface area contributed by atoms with Crippen LogP contribution in [0.3, 0.4) is 0 Å². The van der Waals surface area contributed by atoms with E-state index in [1.807, 2.05) is 12.1 Å². The molecule has 0 aliphatic heterocycles. The lowest BCUT2D eigenvalue weighted by Gasteiger charge is -2.08. The fraction of sp³-hybridized carbons (Fsp3) is 0.0625. The van der Waals surface area contributed by atoms with Gasteiger partial charge in [-0.3, -0.25) is 0 Å². The minimum Gasteiger partial charge on any atom is -0.241 e. The number of para-hydroxylation sites is 2. The van der Waals surface area contributed by atoms with Crippen molar-refractivity contribution in [1.29, 1.82) is 0 Å². The standard InChI is InChI=1S/C32H24N2S3/c1-21-19-31(33-29-9-5-3-7-27(21)29)36-25-15-11-23(12-16-25)35-24-13-17-26(18-14-24)37-32-20-22(2)28-8-4-6-10-30(28)34-32/h3-20H,1-2H3. The Balaban J connectivity index is 1.11. The van der Waals surface area contributed by atoms with Gasteiger partial charge in [-0.2, -0.15) is 0 Å². The molecular formula is C32H24N2S3. The van der Waals surface area contributed by atoms with Gasteiger partial charge in [0.25, 0.3) is 0 Å². The van der Waals surface area contributed by atoms with Gasteiger partial charge in [0, 0.05) is 30.4 Å². The van der Waals surface area contributed by atoms with Crippen molar-refractivity contribution in [3.05, 3.63) is 120 Å². The molecule has 5 heteroatoms. The first-order valence-corrected chi connectivity index (χ1v) is 14.5. The third-order valence-electron chi connectivity index (χ3n) is 6.13. The van der Waals surface area contributed by atoms with Crippen molar-refractivity contribution in [2.45, 2.75) is 43.5 Å². The number of aryl methyl sites for hydroxylation is 2. The summed E-state index contributed by atoms with van der Waals surface area (Å²) in [4.78, 5) is 14.5. The molecule has 0 bridgehead atoms. The third-order valence-corrected chi connectivity index (χ3v) is 9.00. The van der Waals surface area contributed by atoms with E-state index in [9.17, 15) is 0 Å². The minimum atomic E-state index is 1.03. The Kier molecular flexibility index (Phi) is 6.92. The maximum Gasteiger partial charge on any atom is 0.102 e. The Morgan fingerprint density at radius 1 is 0.432 bits per heavy atom. The Morgan fingerprint density at radius 2 is 0.784 bits per heavy atom. The van der Waals surface area contributed by atoms with Crippen molar-refractivity contribution >= 4 is 57.1 Å². The van der Waals surface area contributed by atoms with Crippen LogP contribution >= 0.6 is 35.3 Å². The zero-order chi connectivity index (χ0) is 25.2. The van der Waals surface area contributed by atoms with Crippen LogP contribution in [-0.4, -0.2) is 9.97 Å². The number of aromatic nitrogens is 2. The first-order chi connectivity index (χ1) is 18.1. The van der Waals surface area contributed by atoms with Crippen molar-refractivity contribution in [2.75, 3.05) is 0 Å². The summed E-state index contributed by atoms with van der Waals surface area (Å²) in [5.74, 6) is 0. The molecule has 2 heterocycles. The van der Waals surface area contributed by atoms with Gasteiger partial charge in [-0.25, -0.2) is 9.97 Å². The molecule has 2 nitrogen and oxygen atoms in total. The van der Waals surface area contributed by atoms with Gasteiger partial charge in [-0.05, 0) is 97.8 Å². The van der Waals surface area contributed by atoms with Gasteiger partial charge in [-0.15, -0.1) is 0 Å². The van der Waals surface area contributed by atoms with Gasteiger partial charge < -0.3 is 0 Å². The molecule has 0 fully saturated rings. The smallest absolute Gasteiger partial charge is 0.102 e. The Bertz CT molecular complexity index is 1580. The van der Waals surface area contributed by atoms with Crippen LogP contribution in [-0.2, 0) is 0 Å². The molecule has 0 aliphatic rings. The molecule has 0 amide bonds. The zero-order valence-corrected chi connectivity index (χ0v) is 23.0. The molecule has 6 rings (SSSR count). The van der Waals surface area contributed by atoms with Crippen LogP contribution in [0.2, 0.25) is 0 Å². The number of nitrogens with zero attached hydrogens (tertiary/aromatic N) is 2. The molecule has 0 saturated carbocycles. The average Bonchev–Trinajstić information content (AvgIpc) is 2.91. The normalized spacial score (nSPS) is 11.3. The van der Waals surface area contributed by atoms with Gasteiger partial charge in [0.05, 0.1) is 11.0 Å². The van der Waals surface area contributed by atoms with Crippen LogP contribution in [0.25, 0.3) is 21.8 Å². The fourth-order valence-corrected chi connectivity index (χ4v) is 6.87. The minimum absolute atomic E-state index is 1.03. The zero-order valence-electron chi connectivity index (χ0n) is 20.5. The molecule has 37 heavy (non-hydrogen) atoms. The summed E-state index contributed by atoms with van der Waals surface area (Å²) in [6, 6.07) is 38.4. The molecule has 4 aromatic carbocycles. The van der Waals surface area contributed by atoms with E-state index in [0.29, 0.717) is 0 Å². The van der Waals surface area contributed by atoms with Gasteiger partial charge in [-0.1, -0.05) is 71.7 Å². The van der Waals surface area contributed by atoms with Crippen molar-refractivity contribution in [3.8, 4) is 0 Å². The Hall–Kier alpha value is -3.25. The lowest BCUT2D eigenvalue weighted by atomic mass is 10.1. The predicted molar refractivity (Wildman–Crippen MR) is 158 cm³/mol. The second-order valence-electron chi connectivity index (χ2n) is 8.84. The highest BCUT2D eigenvalue weighted by molar-refractivity contribution is 8.00. The second kappa shape index (κ2) is 10.6. The largest absolute Gasteiger partial charge is 0.241 e. The quantitative estimate of drug-likeness (QED) is 0.213. The second-order valence-corrected chi connectivity index (χ2v) is 12.2. The molecule has 0 unspecified atom stereocenters. The SMILES string of the molecule is Cc1cc(Sc2ccc(Sc3ccc(Sc4cc(C)c5ccccc5n4)cc3)cc2)nc2ccccc12. The van der Waals surface area contributed by atoms with Crippen LogP contribution < -0.4 is 0 Å². The van der Waals surface area contributed by atoms with E-state index >= 15 is 0 Å². The highest BCUT2D eigenvalue weighted by Crippen LogP contribution is 2.35. The lowest BCUT2D eigenvalue weighted by molar-refractivity contribution is 1.16. The number of hydrogen-bond donors (Lipinski definition) is 0. The van der Waals surface area contributed by atoms with Crippen LogP contribution in [0.1, 0.15) is 11.1 Å². The topological polar surface area (TPSA) is 25.8 Å². The number of hydrogen-bond acceptors (Lipinski definition) is 5. The van der Waals surface area contributed by atoms with E-state index in [2.05, 4.69) is 111 Å². The number of benzene rings is 4. The summed E-state index contributed by atoms with van der Waals surface area (Å²) in [7, 11) is 0. The van der Waals surface area contributed by atoms with E-state index in [4.69, 9.17) is 9.97 Å². The molecule has 0 N–H and O–H groups in total. The Morgan fingerprint density at radius 3 is 1.19 bits per heavy atom. The maximum atomic E-state index is 4.83. The van der Waals surface area contributed by atoms with Gasteiger partial charge in [0.2, 0.25) is 0 Å². The van der Waals surface area contributed by atoms with Gasteiger partial charge in [0.1, 0.15) is 10.1 Å². The van der Waals surface area contributed by atoms with Crippen LogP contribution in [0.4, 0.5) is 0 Å². The average molecular weight is 533 g/mol. The van der Waals surface area contributed by atoms with Crippen molar-refractivity contribution in [3.63, 3.8) is 0 Å². The molecular weight excluding hydrogens is 509 g/mol. The van der Waals surface area contributed by atoms with Crippen molar-refractivity contribution < 1.29 is 0 Å². The number of rotatable bonds is 6. The molecule has 6 aromatic rings. The molecule has 0 spiro atoms. The summed E-state index contributed by atoms with van der Waals surface area (Å²) in [5.41, 5.74) is 4.61. The van der Waals surface area contributed by atoms with E-state index in [0.717, 1.165) is 21.1 Å². The maximum absolute atomic E-state index is 4.83. The highest BCUT2D eigenvalue weighted by Gasteiger charge is 2.07. The van der Waals surface area contributed by atoms with E-state index < -0.39 is 0 Å². The highest BCUT2D eigenvalue weighted by atomic mass is 32.2. The number of pyridine rings is 2. The van der Waals surface area contributed by atoms with Crippen LogP contribution in [0, 0.1) is 13.8 Å². The number of fused-ring (bicyclic) bond motifs is 2. The first kappa shape index (κ1) is 24.1. The molecule has 0 aliphatic carbocycles. The van der Waals surface area contributed by atoms with Crippen LogP contribution in [0.5, 0.6) is 0 Å². The summed E-state index contributed by atoms with van der Waals surface area (Å²) in [6.07, 6.45) is 0. The van der Waals surface area contributed by atoms with E-state index in [1.165, 1.54) is 41.5 Å². The molecule has 0 saturated heterocycles. The monoisotopic (exact) mass is 532 g/mol. The van der Waals surface area contributed by atoms with Crippen LogP contribution in [0.15, 0.2) is 139 Å². The Labute approximate surface area is 230 Å². The van der Waals surface area contributed by atoms with Crippen molar-refractivity contribution in [2.24, 2.45) is 0 Å². The molecule has 0 atom stereocenters. The molecule has 2 aromatic heterocycles.